The smallest absolute Gasteiger partial charge is 0.269 e. The minimum atomic E-state index is -0.000482. The number of rotatable bonds is 5. The third-order valence-electron chi connectivity index (χ3n) is 9.19. The summed E-state index contributed by atoms with van der Waals surface area (Å²) in [5.41, 5.74) is 8.76. The molecule has 8 aromatic rings. The molecule has 0 N–H and O–H groups in total. The monoisotopic (exact) mass is 641 g/mol. The van der Waals surface area contributed by atoms with Crippen molar-refractivity contribution in [2.45, 2.75) is 52.4 Å². The third-order valence-corrected chi connectivity index (χ3v) is 9.19. The zero-order chi connectivity index (χ0) is 33.9. The van der Waals surface area contributed by atoms with Crippen LogP contribution >= 0.6 is 0 Å². The van der Waals surface area contributed by atoms with Crippen LogP contribution in [0.25, 0.3) is 50.0 Å². The first-order chi connectivity index (χ1) is 23.5. The molecule has 0 bridgehead atoms. The maximum atomic E-state index is 6.52. The van der Waals surface area contributed by atoms with E-state index in [1.54, 1.807) is 6.20 Å². The van der Waals surface area contributed by atoms with Crippen molar-refractivity contribution in [3.63, 3.8) is 0 Å². The summed E-state index contributed by atoms with van der Waals surface area (Å²) in [6, 6.07) is 38.0. The Bertz CT molecular complexity index is 2460. The second-order valence-corrected chi connectivity index (χ2v) is 14.7. The Kier molecular flexibility index (Phi) is 7.14. The lowest BCUT2D eigenvalue weighted by atomic mass is 9.80. The molecule has 0 aliphatic heterocycles. The van der Waals surface area contributed by atoms with Crippen LogP contribution in [0.3, 0.4) is 0 Å². The van der Waals surface area contributed by atoms with Crippen LogP contribution in [0.1, 0.15) is 52.7 Å². The summed E-state index contributed by atoms with van der Waals surface area (Å²) in [7, 11) is 0. The lowest BCUT2D eigenvalue weighted by Gasteiger charge is -2.26. The van der Waals surface area contributed by atoms with Crippen LogP contribution < -0.4 is 9.30 Å². The maximum absolute atomic E-state index is 6.52. The van der Waals surface area contributed by atoms with E-state index < -0.39 is 0 Å². The number of hydrogen-bond donors (Lipinski definition) is 0. The maximum Gasteiger partial charge on any atom is 0.269 e. The van der Waals surface area contributed by atoms with E-state index in [4.69, 9.17) is 4.74 Å². The molecule has 4 aromatic heterocycles. The molecule has 242 valence electrons. The molecular formula is C43H39N5O. The van der Waals surface area contributed by atoms with Crippen molar-refractivity contribution >= 4 is 32.8 Å². The van der Waals surface area contributed by atoms with Gasteiger partial charge in [0.15, 0.2) is 0 Å². The zero-order valence-corrected chi connectivity index (χ0v) is 28.8. The molecule has 4 heterocycles. The van der Waals surface area contributed by atoms with E-state index in [0.29, 0.717) is 5.75 Å². The lowest BCUT2D eigenvalue weighted by Crippen LogP contribution is -2.31. The Balaban J connectivity index is 1.21. The first kappa shape index (κ1) is 30.6. The Hall–Kier alpha value is -5.75. The minimum Gasteiger partial charge on any atom is -0.456 e. The summed E-state index contributed by atoms with van der Waals surface area (Å²) in [4.78, 5) is 9.28. The van der Waals surface area contributed by atoms with E-state index in [1.807, 2.05) is 42.7 Å². The van der Waals surface area contributed by atoms with Gasteiger partial charge < -0.3 is 4.74 Å². The molecule has 0 radical (unpaired) electrons. The lowest BCUT2D eigenvalue weighted by molar-refractivity contribution is -0.572. The number of fused-ring (bicyclic) bond motifs is 4. The van der Waals surface area contributed by atoms with Crippen LogP contribution in [0.4, 0.5) is 0 Å². The summed E-state index contributed by atoms with van der Waals surface area (Å²) in [6.45, 7) is 13.6. The molecule has 0 spiro atoms. The Morgan fingerprint density at radius 3 is 2.06 bits per heavy atom. The molecule has 0 unspecified atom stereocenters. The first-order valence-corrected chi connectivity index (χ1v) is 16.7. The van der Waals surface area contributed by atoms with Crippen LogP contribution in [0, 0.1) is 6.33 Å². The minimum absolute atomic E-state index is 0.000482. The summed E-state index contributed by atoms with van der Waals surface area (Å²) >= 11 is 0. The fourth-order valence-corrected chi connectivity index (χ4v) is 6.52. The Labute approximate surface area is 286 Å². The van der Waals surface area contributed by atoms with Gasteiger partial charge in [0, 0.05) is 29.2 Å². The number of ether oxygens (including phenoxy) is 1. The number of hydrogen-bond acceptors (Lipinski definition) is 3. The molecule has 0 aliphatic carbocycles. The van der Waals surface area contributed by atoms with E-state index in [1.165, 1.54) is 16.5 Å². The van der Waals surface area contributed by atoms with Gasteiger partial charge in [-0.15, -0.1) is 0 Å². The standard InChI is InChI=1S/C43H39N5O/c1-42(2,3)29-21-30(43(4,5)6)23-31(22-29)46-28-47(39-16-10-9-15-38(39)46)32-24-34(27-44-26-32)49-33-18-19-36-35-13-7-8-14-37(35)48(40(36)25-33)41-17-11-12-20-45-41/h7-27H,1-6H3. The molecule has 8 rings (SSSR count). The molecule has 0 fully saturated rings. The van der Waals surface area contributed by atoms with E-state index in [2.05, 4.69) is 150 Å². The molecule has 0 atom stereocenters. The van der Waals surface area contributed by atoms with Gasteiger partial charge in [0.2, 0.25) is 0 Å². The van der Waals surface area contributed by atoms with Crippen LogP contribution in [0.5, 0.6) is 11.5 Å². The topological polar surface area (TPSA) is 48.8 Å². The van der Waals surface area contributed by atoms with Crippen LogP contribution in [0.2, 0.25) is 0 Å². The van der Waals surface area contributed by atoms with Gasteiger partial charge in [0.1, 0.15) is 17.3 Å². The van der Waals surface area contributed by atoms with E-state index in [-0.39, 0.29) is 10.8 Å². The van der Waals surface area contributed by atoms with Gasteiger partial charge in [0.05, 0.1) is 39.6 Å². The van der Waals surface area contributed by atoms with Gasteiger partial charge in [-0.2, -0.15) is 0 Å². The molecule has 0 saturated carbocycles. The SMILES string of the molecule is CC(C)(C)c1cc(-[n+]2[c-]n(-c3cncc(Oc4ccc5c6ccccc6n(-c6ccccn6)c5c4)c3)c3ccccc32)cc(C(C)(C)C)c1. The quantitative estimate of drug-likeness (QED) is 0.139. The summed E-state index contributed by atoms with van der Waals surface area (Å²) < 4.78 is 12.9. The normalized spacial score (nSPS) is 12.3. The second-order valence-electron chi connectivity index (χ2n) is 14.7. The van der Waals surface area contributed by atoms with E-state index in [9.17, 15) is 0 Å². The van der Waals surface area contributed by atoms with Crippen molar-refractivity contribution in [3.8, 4) is 28.7 Å². The zero-order valence-electron chi connectivity index (χ0n) is 28.8. The summed E-state index contributed by atoms with van der Waals surface area (Å²) in [5, 5.41) is 2.31. The van der Waals surface area contributed by atoms with Crippen molar-refractivity contribution in [2.24, 2.45) is 0 Å². The van der Waals surface area contributed by atoms with Gasteiger partial charge in [-0.3, -0.25) is 18.7 Å². The number of imidazole rings is 1. The van der Waals surface area contributed by atoms with Gasteiger partial charge in [0.25, 0.3) is 6.33 Å². The third kappa shape index (κ3) is 5.53. The fraction of sp³-hybridized carbons (Fsp3) is 0.186. The average Bonchev–Trinajstić information content (AvgIpc) is 3.64. The van der Waals surface area contributed by atoms with Crippen LogP contribution in [0.15, 0.2) is 128 Å². The Morgan fingerprint density at radius 2 is 1.33 bits per heavy atom. The van der Waals surface area contributed by atoms with Gasteiger partial charge in [-0.05, 0) is 70.5 Å². The van der Waals surface area contributed by atoms with Gasteiger partial charge in [-0.25, -0.2) is 4.98 Å². The Morgan fingerprint density at radius 1 is 0.633 bits per heavy atom. The van der Waals surface area contributed by atoms with E-state index >= 15 is 0 Å². The average molecular weight is 642 g/mol. The predicted octanol–water partition coefficient (Wildman–Crippen LogP) is 9.98. The molecule has 49 heavy (non-hydrogen) atoms. The molecule has 6 nitrogen and oxygen atoms in total. The van der Waals surface area contributed by atoms with Crippen molar-refractivity contribution in [1.29, 1.82) is 0 Å². The van der Waals surface area contributed by atoms with Gasteiger partial charge in [-0.1, -0.05) is 96.1 Å². The predicted molar refractivity (Wildman–Crippen MR) is 197 cm³/mol. The summed E-state index contributed by atoms with van der Waals surface area (Å²) in [6.07, 6.45) is 9.10. The van der Waals surface area contributed by atoms with Crippen LogP contribution in [-0.2, 0) is 10.8 Å². The van der Waals surface area contributed by atoms with Crippen molar-refractivity contribution in [1.82, 2.24) is 19.1 Å². The highest BCUT2D eigenvalue weighted by Gasteiger charge is 2.22. The first-order valence-electron chi connectivity index (χ1n) is 16.7. The highest BCUT2D eigenvalue weighted by Crippen LogP contribution is 2.35. The molecular weight excluding hydrogens is 603 g/mol. The molecule has 4 aromatic carbocycles. The molecule has 0 aliphatic rings. The fourth-order valence-electron chi connectivity index (χ4n) is 6.52. The van der Waals surface area contributed by atoms with E-state index in [0.717, 1.165) is 50.4 Å². The van der Waals surface area contributed by atoms with Gasteiger partial charge >= 0.3 is 0 Å². The summed E-state index contributed by atoms with van der Waals surface area (Å²) in [5.74, 6) is 2.22. The molecule has 0 amide bonds. The van der Waals surface area contributed by atoms with Crippen LogP contribution in [-0.4, -0.2) is 19.1 Å². The number of pyridine rings is 2. The number of benzene rings is 4. The second kappa shape index (κ2) is 11.4. The highest BCUT2D eigenvalue weighted by molar-refractivity contribution is 6.09. The number of nitrogens with zero attached hydrogens (tertiary/aromatic N) is 5. The number of aromatic nitrogens is 5. The number of para-hydroxylation sites is 3. The molecule has 6 heteroatoms. The highest BCUT2D eigenvalue weighted by atomic mass is 16.5. The molecule has 0 saturated heterocycles. The van der Waals surface area contributed by atoms with Crippen molar-refractivity contribution in [3.05, 3.63) is 145 Å². The van der Waals surface area contributed by atoms with Crippen molar-refractivity contribution in [2.75, 3.05) is 0 Å². The largest absolute Gasteiger partial charge is 0.456 e. The van der Waals surface area contributed by atoms with Crippen molar-refractivity contribution < 1.29 is 9.30 Å².